The van der Waals surface area contributed by atoms with Gasteiger partial charge in [0.1, 0.15) is 5.69 Å². The molecule has 1 aromatic heterocycles. The average Bonchev–Trinajstić information content (AvgIpc) is 2.87. The first kappa shape index (κ1) is 15.7. The monoisotopic (exact) mass is 322 g/mol. The number of hydrogen-bond acceptors (Lipinski definition) is 4. The molecule has 1 aromatic carbocycles. The van der Waals surface area contributed by atoms with Gasteiger partial charge in [0.15, 0.2) is 10.3 Å². The van der Waals surface area contributed by atoms with Gasteiger partial charge in [-0.25, -0.2) is 4.98 Å². The standard InChI is InChI=1S/C15H15ClN2O2S/c1-9(2)13-12(18-15(16)21-13)14(20)17-8-11(19)10-6-4-3-5-7-10/h3-7,9H,8H2,1-2H3,(H,17,20). The fraction of sp³-hybridized carbons (Fsp3) is 0.267. The Labute approximate surface area is 132 Å². The summed E-state index contributed by atoms with van der Waals surface area (Å²) in [5.41, 5.74) is 0.874. The third kappa shape index (κ3) is 3.89. The van der Waals surface area contributed by atoms with Gasteiger partial charge in [-0.05, 0) is 5.92 Å². The summed E-state index contributed by atoms with van der Waals surface area (Å²) in [5, 5.41) is 2.60. The molecule has 0 unspecified atom stereocenters. The summed E-state index contributed by atoms with van der Waals surface area (Å²) >= 11 is 7.16. The van der Waals surface area contributed by atoms with Gasteiger partial charge >= 0.3 is 0 Å². The molecule has 0 bridgehead atoms. The summed E-state index contributed by atoms with van der Waals surface area (Å²) in [6.45, 7) is 3.88. The number of aromatic nitrogens is 1. The summed E-state index contributed by atoms with van der Waals surface area (Å²) in [4.78, 5) is 29.0. The van der Waals surface area contributed by atoms with Crippen molar-refractivity contribution in [2.45, 2.75) is 19.8 Å². The van der Waals surface area contributed by atoms with E-state index in [0.29, 0.717) is 15.7 Å². The van der Waals surface area contributed by atoms with Crippen molar-refractivity contribution in [2.75, 3.05) is 6.54 Å². The van der Waals surface area contributed by atoms with Gasteiger partial charge < -0.3 is 5.32 Å². The number of carbonyl (C=O) groups is 2. The number of hydrogen-bond donors (Lipinski definition) is 1. The van der Waals surface area contributed by atoms with Crippen LogP contribution in [0, 0.1) is 0 Å². The quantitative estimate of drug-likeness (QED) is 0.857. The van der Waals surface area contributed by atoms with Crippen LogP contribution >= 0.6 is 22.9 Å². The lowest BCUT2D eigenvalue weighted by molar-refractivity contribution is 0.0900. The predicted octanol–water partition coefficient (Wildman–Crippen LogP) is 3.53. The van der Waals surface area contributed by atoms with Crippen molar-refractivity contribution in [1.82, 2.24) is 10.3 Å². The van der Waals surface area contributed by atoms with E-state index < -0.39 is 0 Å². The van der Waals surface area contributed by atoms with Crippen molar-refractivity contribution >= 4 is 34.6 Å². The zero-order valence-electron chi connectivity index (χ0n) is 11.7. The number of halogens is 1. The first-order valence-electron chi connectivity index (χ1n) is 6.51. The highest BCUT2D eigenvalue weighted by Gasteiger charge is 2.20. The largest absolute Gasteiger partial charge is 0.343 e. The normalized spacial score (nSPS) is 10.7. The molecule has 1 amide bonds. The molecule has 6 heteroatoms. The molecular weight excluding hydrogens is 308 g/mol. The van der Waals surface area contributed by atoms with Crippen LogP contribution in [0.5, 0.6) is 0 Å². The van der Waals surface area contributed by atoms with Crippen LogP contribution in [0.4, 0.5) is 0 Å². The SMILES string of the molecule is CC(C)c1sc(Cl)nc1C(=O)NCC(=O)c1ccccc1. The molecule has 0 aliphatic rings. The van der Waals surface area contributed by atoms with Gasteiger partial charge in [-0.15, -0.1) is 11.3 Å². The van der Waals surface area contributed by atoms with E-state index in [1.165, 1.54) is 11.3 Å². The molecule has 4 nitrogen and oxygen atoms in total. The summed E-state index contributed by atoms with van der Waals surface area (Å²) in [6, 6.07) is 8.83. The Kier molecular flexibility index (Phi) is 5.09. The Bertz CT molecular complexity index is 653. The van der Waals surface area contributed by atoms with E-state index in [2.05, 4.69) is 10.3 Å². The van der Waals surface area contributed by atoms with Gasteiger partial charge in [-0.2, -0.15) is 0 Å². The van der Waals surface area contributed by atoms with Crippen molar-refractivity contribution < 1.29 is 9.59 Å². The maximum absolute atomic E-state index is 12.1. The number of ketones is 1. The first-order valence-corrected chi connectivity index (χ1v) is 7.71. The molecule has 0 atom stereocenters. The number of benzene rings is 1. The van der Waals surface area contributed by atoms with Gasteiger partial charge in [0, 0.05) is 10.4 Å². The second-order valence-corrected chi connectivity index (χ2v) is 6.42. The highest BCUT2D eigenvalue weighted by molar-refractivity contribution is 7.16. The Morgan fingerprint density at radius 1 is 1.29 bits per heavy atom. The zero-order chi connectivity index (χ0) is 15.4. The fourth-order valence-electron chi connectivity index (χ4n) is 1.83. The third-order valence-electron chi connectivity index (χ3n) is 2.87. The Morgan fingerprint density at radius 2 is 1.95 bits per heavy atom. The highest BCUT2D eigenvalue weighted by Crippen LogP contribution is 2.29. The summed E-state index contributed by atoms with van der Waals surface area (Å²) in [7, 11) is 0. The Balaban J connectivity index is 2.04. The van der Waals surface area contributed by atoms with Crippen molar-refractivity contribution in [3.63, 3.8) is 0 Å². The van der Waals surface area contributed by atoms with E-state index in [0.717, 1.165) is 4.88 Å². The van der Waals surface area contributed by atoms with E-state index in [1.807, 2.05) is 19.9 Å². The van der Waals surface area contributed by atoms with Crippen molar-refractivity contribution in [3.05, 3.63) is 50.9 Å². The lowest BCUT2D eigenvalue weighted by Crippen LogP contribution is -2.30. The zero-order valence-corrected chi connectivity index (χ0v) is 13.3. The second-order valence-electron chi connectivity index (χ2n) is 4.81. The number of amides is 1. The molecule has 0 saturated heterocycles. The molecule has 21 heavy (non-hydrogen) atoms. The topological polar surface area (TPSA) is 59.1 Å². The van der Waals surface area contributed by atoms with Crippen molar-refractivity contribution in [2.24, 2.45) is 0 Å². The van der Waals surface area contributed by atoms with Crippen LogP contribution in [0.15, 0.2) is 30.3 Å². The minimum absolute atomic E-state index is 0.0600. The van der Waals surface area contributed by atoms with Gasteiger partial charge in [-0.1, -0.05) is 55.8 Å². The van der Waals surface area contributed by atoms with Crippen LogP contribution in [0.2, 0.25) is 4.47 Å². The summed E-state index contributed by atoms with van der Waals surface area (Å²) in [5.74, 6) is -0.358. The molecule has 1 N–H and O–H groups in total. The minimum atomic E-state index is -0.369. The molecule has 110 valence electrons. The smallest absolute Gasteiger partial charge is 0.271 e. The number of rotatable bonds is 5. The predicted molar refractivity (Wildman–Crippen MR) is 84.3 cm³/mol. The van der Waals surface area contributed by atoms with Crippen LogP contribution in [-0.4, -0.2) is 23.2 Å². The third-order valence-corrected chi connectivity index (χ3v) is 4.33. The summed E-state index contributed by atoms with van der Waals surface area (Å²) in [6.07, 6.45) is 0. The molecule has 0 aliphatic heterocycles. The second kappa shape index (κ2) is 6.83. The number of nitrogens with zero attached hydrogens (tertiary/aromatic N) is 1. The lowest BCUT2D eigenvalue weighted by atomic mass is 10.1. The molecule has 2 aromatic rings. The minimum Gasteiger partial charge on any atom is -0.343 e. The molecule has 0 spiro atoms. The first-order chi connectivity index (χ1) is 9.99. The van der Waals surface area contributed by atoms with Gasteiger partial charge in [-0.3, -0.25) is 9.59 Å². The molecule has 0 aliphatic carbocycles. The highest BCUT2D eigenvalue weighted by atomic mass is 35.5. The van der Waals surface area contributed by atoms with Crippen molar-refractivity contribution in [1.29, 1.82) is 0 Å². The van der Waals surface area contributed by atoms with E-state index in [4.69, 9.17) is 11.6 Å². The maximum Gasteiger partial charge on any atom is 0.271 e. The molecule has 0 radical (unpaired) electrons. The van der Waals surface area contributed by atoms with E-state index in [9.17, 15) is 9.59 Å². The number of thiazole rings is 1. The van der Waals surface area contributed by atoms with E-state index in [1.54, 1.807) is 24.3 Å². The molecule has 2 rings (SSSR count). The van der Waals surface area contributed by atoms with Crippen molar-refractivity contribution in [3.8, 4) is 0 Å². The summed E-state index contributed by atoms with van der Waals surface area (Å²) < 4.78 is 0.332. The molecule has 0 saturated carbocycles. The van der Waals surface area contributed by atoms with E-state index >= 15 is 0 Å². The fourth-order valence-corrected chi connectivity index (χ4v) is 2.95. The van der Waals surface area contributed by atoms with E-state index in [-0.39, 0.29) is 24.2 Å². The number of Topliss-reactive ketones (excluding diaryl/α,β-unsaturated/α-hetero) is 1. The molecule has 0 fully saturated rings. The maximum atomic E-state index is 12.1. The molecule has 1 heterocycles. The van der Waals surface area contributed by atoms with Crippen LogP contribution in [0.3, 0.4) is 0 Å². The van der Waals surface area contributed by atoms with Crippen LogP contribution in [0.25, 0.3) is 0 Å². The van der Waals surface area contributed by atoms with Gasteiger partial charge in [0.2, 0.25) is 0 Å². The average molecular weight is 323 g/mol. The lowest BCUT2D eigenvalue weighted by Gasteiger charge is -2.06. The Morgan fingerprint density at radius 3 is 2.57 bits per heavy atom. The molecular formula is C15H15ClN2O2S. The van der Waals surface area contributed by atoms with Gasteiger partial charge in [0.25, 0.3) is 5.91 Å². The number of nitrogens with one attached hydrogen (secondary N) is 1. The van der Waals surface area contributed by atoms with Crippen LogP contribution in [0.1, 0.15) is 45.5 Å². The number of carbonyl (C=O) groups excluding carboxylic acids is 2. The Hall–Kier alpha value is -1.72. The van der Waals surface area contributed by atoms with Gasteiger partial charge in [0.05, 0.1) is 6.54 Å². The van der Waals surface area contributed by atoms with Crippen LogP contribution in [-0.2, 0) is 0 Å². The van der Waals surface area contributed by atoms with Crippen LogP contribution < -0.4 is 5.32 Å².